The summed E-state index contributed by atoms with van der Waals surface area (Å²) in [6, 6.07) is 14.1. The molecule has 0 saturated heterocycles. The van der Waals surface area contributed by atoms with E-state index in [9.17, 15) is 4.79 Å². The summed E-state index contributed by atoms with van der Waals surface area (Å²) in [5.41, 5.74) is 5.92. The second-order valence-electron chi connectivity index (χ2n) is 7.22. The van der Waals surface area contributed by atoms with Crippen LogP contribution in [-0.4, -0.2) is 26.6 Å². The summed E-state index contributed by atoms with van der Waals surface area (Å²) in [6.07, 6.45) is 4.06. The fraction of sp³-hybridized carbons (Fsp3) is 0.273. The van der Waals surface area contributed by atoms with Gasteiger partial charge in [-0.25, -0.2) is 5.01 Å². The van der Waals surface area contributed by atoms with Crippen LogP contribution in [0.25, 0.3) is 11.0 Å². The summed E-state index contributed by atoms with van der Waals surface area (Å²) in [6.45, 7) is 5.89. The predicted octanol–water partition coefficient (Wildman–Crippen LogP) is 4.27. The van der Waals surface area contributed by atoms with E-state index >= 15 is 0 Å². The van der Waals surface area contributed by atoms with Gasteiger partial charge in [-0.3, -0.25) is 14.8 Å². The molecule has 5 nitrogen and oxygen atoms in total. The van der Waals surface area contributed by atoms with Crippen molar-refractivity contribution in [3.63, 3.8) is 0 Å². The van der Waals surface area contributed by atoms with Crippen LogP contribution in [0.3, 0.4) is 0 Å². The molecule has 0 bridgehead atoms. The first-order valence-electron chi connectivity index (χ1n) is 9.22. The Balaban J connectivity index is 1.76. The SMILES string of the molecule is Cc1ccccc1C1=NN(C(=O)C(C)C)[C@@H](c2ccc3nccnc3c2)C1. The third kappa shape index (κ3) is 3.21. The molecule has 1 amide bonds. The summed E-state index contributed by atoms with van der Waals surface area (Å²) >= 11 is 0. The summed E-state index contributed by atoms with van der Waals surface area (Å²) in [4.78, 5) is 21.6. The van der Waals surface area contributed by atoms with E-state index in [4.69, 9.17) is 5.10 Å². The summed E-state index contributed by atoms with van der Waals surface area (Å²) < 4.78 is 0. The maximum absolute atomic E-state index is 12.8. The molecule has 2 heterocycles. The Kier molecular flexibility index (Phi) is 4.44. The molecule has 2 aromatic carbocycles. The average molecular weight is 358 g/mol. The molecule has 1 aliphatic rings. The van der Waals surface area contributed by atoms with Crippen LogP contribution in [-0.2, 0) is 4.79 Å². The highest BCUT2D eigenvalue weighted by atomic mass is 16.2. The molecule has 0 N–H and O–H groups in total. The molecule has 0 aliphatic carbocycles. The first-order valence-corrected chi connectivity index (χ1v) is 9.22. The van der Waals surface area contributed by atoms with Crippen molar-refractivity contribution < 1.29 is 4.79 Å². The number of amides is 1. The van der Waals surface area contributed by atoms with Gasteiger partial charge >= 0.3 is 0 Å². The van der Waals surface area contributed by atoms with Crippen molar-refractivity contribution >= 4 is 22.7 Å². The number of aromatic nitrogens is 2. The highest BCUT2D eigenvalue weighted by Gasteiger charge is 2.34. The quantitative estimate of drug-likeness (QED) is 0.702. The van der Waals surface area contributed by atoms with Gasteiger partial charge in [0.15, 0.2) is 0 Å². The molecule has 0 fully saturated rings. The van der Waals surface area contributed by atoms with E-state index in [0.29, 0.717) is 6.42 Å². The number of aryl methyl sites for hydroxylation is 1. The molecule has 3 aromatic rings. The van der Waals surface area contributed by atoms with E-state index in [0.717, 1.165) is 27.9 Å². The Morgan fingerprint density at radius 2 is 1.81 bits per heavy atom. The molecule has 0 saturated carbocycles. The van der Waals surface area contributed by atoms with Gasteiger partial charge in [-0.05, 0) is 30.2 Å². The minimum absolute atomic E-state index is 0.0304. The number of rotatable bonds is 3. The second-order valence-corrected chi connectivity index (χ2v) is 7.22. The van der Waals surface area contributed by atoms with Crippen molar-refractivity contribution in [3.8, 4) is 0 Å². The molecule has 27 heavy (non-hydrogen) atoms. The minimum atomic E-state index is -0.124. The lowest BCUT2D eigenvalue weighted by molar-refractivity contribution is -0.136. The molecule has 4 rings (SSSR count). The number of hydrogen-bond donors (Lipinski definition) is 0. The Hall–Kier alpha value is -3.08. The number of nitrogens with zero attached hydrogens (tertiary/aromatic N) is 4. The van der Waals surface area contributed by atoms with Crippen LogP contribution >= 0.6 is 0 Å². The maximum Gasteiger partial charge on any atom is 0.245 e. The van der Waals surface area contributed by atoms with Crippen molar-refractivity contribution in [1.29, 1.82) is 0 Å². The first-order chi connectivity index (χ1) is 13.0. The second kappa shape index (κ2) is 6.91. The van der Waals surface area contributed by atoms with Crippen LogP contribution in [0.4, 0.5) is 0 Å². The van der Waals surface area contributed by atoms with Crippen LogP contribution in [0.5, 0.6) is 0 Å². The van der Waals surface area contributed by atoms with E-state index in [1.165, 1.54) is 5.56 Å². The Bertz CT molecular complexity index is 1040. The topological polar surface area (TPSA) is 58.5 Å². The van der Waals surface area contributed by atoms with Gasteiger partial charge in [-0.15, -0.1) is 0 Å². The van der Waals surface area contributed by atoms with Gasteiger partial charge in [-0.2, -0.15) is 5.10 Å². The zero-order valence-electron chi connectivity index (χ0n) is 15.8. The van der Waals surface area contributed by atoms with Gasteiger partial charge < -0.3 is 0 Å². The standard InChI is InChI=1S/C22H22N4O/c1-14(2)22(27)26-21(13-19(25-26)17-7-5-4-6-15(17)3)16-8-9-18-20(12-16)24-11-10-23-18/h4-12,14,21H,13H2,1-3H3/t21-/m1/s1. The van der Waals surface area contributed by atoms with Gasteiger partial charge in [0, 0.05) is 30.3 Å². The molecule has 0 unspecified atom stereocenters. The maximum atomic E-state index is 12.8. The van der Waals surface area contributed by atoms with E-state index in [1.54, 1.807) is 17.4 Å². The lowest BCUT2D eigenvalue weighted by Crippen LogP contribution is -2.30. The zero-order valence-corrected chi connectivity index (χ0v) is 15.8. The summed E-state index contributed by atoms with van der Waals surface area (Å²) in [5.74, 6) is -0.0875. The van der Waals surface area contributed by atoms with Gasteiger partial charge in [0.2, 0.25) is 5.91 Å². The van der Waals surface area contributed by atoms with Crippen LogP contribution in [0.15, 0.2) is 60.0 Å². The summed E-state index contributed by atoms with van der Waals surface area (Å²) in [7, 11) is 0. The molecule has 136 valence electrons. The third-order valence-corrected chi connectivity index (χ3v) is 4.96. The summed E-state index contributed by atoms with van der Waals surface area (Å²) in [5, 5.41) is 6.40. The van der Waals surface area contributed by atoms with Gasteiger partial charge in [0.25, 0.3) is 0 Å². The number of hydrogen-bond acceptors (Lipinski definition) is 4. The normalized spacial score (nSPS) is 16.8. The Morgan fingerprint density at radius 1 is 1.07 bits per heavy atom. The number of benzene rings is 2. The molecule has 1 aliphatic heterocycles. The van der Waals surface area contributed by atoms with E-state index in [-0.39, 0.29) is 17.9 Å². The van der Waals surface area contributed by atoms with Crippen LogP contribution in [0, 0.1) is 12.8 Å². The highest BCUT2D eigenvalue weighted by Crippen LogP contribution is 2.35. The first kappa shape index (κ1) is 17.3. The molecule has 5 heteroatoms. The van der Waals surface area contributed by atoms with Crippen molar-refractivity contribution in [2.24, 2.45) is 11.0 Å². The lowest BCUT2D eigenvalue weighted by Gasteiger charge is -2.23. The average Bonchev–Trinajstić information content (AvgIpc) is 3.12. The number of carbonyl (C=O) groups excluding carboxylic acids is 1. The minimum Gasteiger partial charge on any atom is -0.273 e. The largest absolute Gasteiger partial charge is 0.273 e. The van der Waals surface area contributed by atoms with E-state index < -0.39 is 0 Å². The zero-order chi connectivity index (χ0) is 19.0. The molecular weight excluding hydrogens is 336 g/mol. The number of fused-ring (bicyclic) bond motifs is 1. The van der Waals surface area contributed by atoms with Crippen LogP contribution in [0.1, 0.15) is 43.0 Å². The van der Waals surface area contributed by atoms with E-state index in [1.807, 2.05) is 44.2 Å². The van der Waals surface area contributed by atoms with Gasteiger partial charge in [-0.1, -0.05) is 44.2 Å². The van der Waals surface area contributed by atoms with Crippen molar-refractivity contribution in [2.75, 3.05) is 0 Å². The van der Waals surface area contributed by atoms with Crippen molar-refractivity contribution in [3.05, 3.63) is 71.5 Å². The van der Waals surface area contributed by atoms with Gasteiger partial charge in [0.1, 0.15) is 0 Å². The molecule has 0 spiro atoms. The van der Waals surface area contributed by atoms with Crippen molar-refractivity contribution in [1.82, 2.24) is 15.0 Å². The fourth-order valence-corrected chi connectivity index (χ4v) is 3.48. The lowest BCUT2D eigenvalue weighted by atomic mass is 9.95. The fourth-order valence-electron chi connectivity index (χ4n) is 3.48. The molecule has 1 atom stereocenters. The molecule has 1 aromatic heterocycles. The number of hydrazone groups is 1. The Labute approximate surface area is 158 Å². The number of carbonyl (C=O) groups is 1. The third-order valence-electron chi connectivity index (χ3n) is 4.96. The molecule has 0 radical (unpaired) electrons. The monoisotopic (exact) mass is 358 g/mol. The van der Waals surface area contributed by atoms with Crippen LogP contribution in [0.2, 0.25) is 0 Å². The van der Waals surface area contributed by atoms with Gasteiger partial charge in [0.05, 0.1) is 22.8 Å². The Morgan fingerprint density at radius 3 is 2.56 bits per heavy atom. The van der Waals surface area contributed by atoms with Crippen LogP contribution < -0.4 is 0 Å². The van der Waals surface area contributed by atoms with E-state index in [2.05, 4.69) is 29.0 Å². The smallest absolute Gasteiger partial charge is 0.245 e. The predicted molar refractivity (Wildman–Crippen MR) is 106 cm³/mol. The van der Waals surface area contributed by atoms with Crippen molar-refractivity contribution in [2.45, 2.75) is 33.2 Å². The highest BCUT2D eigenvalue weighted by molar-refractivity contribution is 6.04. The molecular formula is C22H22N4O.